The van der Waals surface area contributed by atoms with Crippen molar-refractivity contribution in [3.63, 3.8) is 0 Å². The summed E-state index contributed by atoms with van der Waals surface area (Å²) >= 11 is 0. The molecule has 0 aliphatic rings. The summed E-state index contributed by atoms with van der Waals surface area (Å²) in [4.78, 5) is 0. The standard InChI is InChI=1S/C17H21NO/c1-3-18-12-13-19-17-10-8-16(9-11-17)15-6-4-14(2)5-7-15/h4-11,18H,3,12-13H2,1-2H3. The monoisotopic (exact) mass is 255 g/mol. The molecule has 0 radical (unpaired) electrons. The third kappa shape index (κ3) is 4.11. The lowest BCUT2D eigenvalue weighted by atomic mass is 10.0. The van der Waals surface area contributed by atoms with Crippen molar-refractivity contribution in [3.05, 3.63) is 54.1 Å². The van der Waals surface area contributed by atoms with E-state index < -0.39 is 0 Å². The molecule has 19 heavy (non-hydrogen) atoms. The second-order valence-corrected chi connectivity index (χ2v) is 4.59. The highest BCUT2D eigenvalue weighted by Gasteiger charge is 1.98. The van der Waals surface area contributed by atoms with Gasteiger partial charge >= 0.3 is 0 Å². The smallest absolute Gasteiger partial charge is 0.119 e. The number of hydrogen-bond donors (Lipinski definition) is 1. The van der Waals surface area contributed by atoms with E-state index in [9.17, 15) is 0 Å². The minimum absolute atomic E-state index is 0.706. The molecule has 100 valence electrons. The molecular weight excluding hydrogens is 234 g/mol. The summed E-state index contributed by atoms with van der Waals surface area (Å²) in [7, 11) is 0. The van der Waals surface area contributed by atoms with Crippen molar-refractivity contribution in [1.82, 2.24) is 5.32 Å². The molecule has 2 aromatic rings. The first-order valence-electron chi connectivity index (χ1n) is 6.80. The largest absolute Gasteiger partial charge is 0.492 e. The summed E-state index contributed by atoms with van der Waals surface area (Å²) in [6.07, 6.45) is 0. The van der Waals surface area contributed by atoms with Gasteiger partial charge in [-0.05, 0) is 36.7 Å². The number of likely N-dealkylation sites (N-methyl/N-ethyl adjacent to an activating group) is 1. The van der Waals surface area contributed by atoms with E-state index in [1.54, 1.807) is 0 Å². The van der Waals surface area contributed by atoms with Gasteiger partial charge in [-0.15, -0.1) is 0 Å². The van der Waals surface area contributed by atoms with E-state index in [4.69, 9.17) is 4.74 Å². The second kappa shape index (κ2) is 6.95. The Hall–Kier alpha value is -1.80. The third-order valence-corrected chi connectivity index (χ3v) is 3.04. The molecule has 0 amide bonds. The summed E-state index contributed by atoms with van der Waals surface area (Å²) in [5.41, 5.74) is 3.75. The average Bonchev–Trinajstić information content (AvgIpc) is 2.45. The first-order chi connectivity index (χ1) is 9.29. The number of nitrogens with one attached hydrogen (secondary N) is 1. The van der Waals surface area contributed by atoms with Crippen LogP contribution in [0.25, 0.3) is 11.1 Å². The Labute approximate surface area is 115 Å². The Morgan fingerprint density at radius 2 is 1.47 bits per heavy atom. The molecule has 0 bridgehead atoms. The Morgan fingerprint density at radius 3 is 2.05 bits per heavy atom. The van der Waals surface area contributed by atoms with Crippen LogP contribution in [-0.2, 0) is 0 Å². The molecule has 0 aliphatic carbocycles. The highest BCUT2D eigenvalue weighted by Crippen LogP contribution is 2.22. The predicted octanol–water partition coefficient (Wildman–Crippen LogP) is 3.65. The van der Waals surface area contributed by atoms with Crippen molar-refractivity contribution in [2.24, 2.45) is 0 Å². The molecule has 1 N–H and O–H groups in total. The van der Waals surface area contributed by atoms with Crippen LogP contribution in [0.4, 0.5) is 0 Å². The number of ether oxygens (including phenoxy) is 1. The highest BCUT2D eigenvalue weighted by molar-refractivity contribution is 5.64. The van der Waals surface area contributed by atoms with Gasteiger partial charge in [0, 0.05) is 6.54 Å². The van der Waals surface area contributed by atoms with E-state index in [1.807, 2.05) is 12.1 Å². The van der Waals surface area contributed by atoms with Gasteiger partial charge in [-0.2, -0.15) is 0 Å². The lowest BCUT2D eigenvalue weighted by Crippen LogP contribution is -2.20. The summed E-state index contributed by atoms with van der Waals surface area (Å²) in [5, 5.41) is 3.24. The van der Waals surface area contributed by atoms with E-state index >= 15 is 0 Å². The minimum atomic E-state index is 0.706. The van der Waals surface area contributed by atoms with Crippen LogP contribution in [0.2, 0.25) is 0 Å². The quantitative estimate of drug-likeness (QED) is 0.796. The fourth-order valence-electron chi connectivity index (χ4n) is 1.91. The minimum Gasteiger partial charge on any atom is -0.492 e. The topological polar surface area (TPSA) is 21.3 Å². The van der Waals surface area contributed by atoms with Crippen LogP contribution in [0.5, 0.6) is 5.75 Å². The summed E-state index contributed by atoms with van der Waals surface area (Å²) in [6.45, 7) is 6.77. The molecule has 0 unspecified atom stereocenters. The van der Waals surface area contributed by atoms with Crippen molar-refractivity contribution in [1.29, 1.82) is 0 Å². The van der Waals surface area contributed by atoms with Crippen molar-refractivity contribution in [2.45, 2.75) is 13.8 Å². The van der Waals surface area contributed by atoms with Crippen LogP contribution >= 0.6 is 0 Å². The molecule has 2 heteroatoms. The normalized spacial score (nSPS) is 10.4. The summed E-state index contributed by atoms with van der Waals surface area (Å²) in [5.74, 6) is 0.925. The molecule has 0 atom stereocenters. The van der Waals surface area contributed by atoms with Gasteiger partial charge in [-0.1, -0.05) is 48.9 Å². The number of hydrogen-bond acceptors (Lipinski definition) is 2. The zero-order valence-corrected chi connectivity index (χ0v) is 11.6. The molecule has 0 aliphatic heterocycles. The Morgan fingerprint density at radius 1 is 0.895 bits per heavy atom. The maximum Gasteiger partial charge on any atom is 0.119 e. The van der Waals surface area contributed by atoms with Crippen LogP contribution in [0.15, 0.2) is 48.5 Å². The molecule has 2 rings (SSSR count). The van der Waals surface area contributed by atoms with Crippen molar-refractivity contribution in [3.8, 4) is 16.9 Å². The van der Waals surface area contributed by atoms with Crippen LogP contribution in [0.1, 0.15) is 12.5 Å². The van der Waals surface area contributed by atoms with Gasteiger partial charge in [-0.3, -0.25) is 0 Å². The van der Waals surface area contributed by atoms with E-state index in [1.165, 1.54) is 16.7 Å². The van der Waals surface area contributed by atoms with Crippen LogP contribution in [-0.4, -0.2) is 19.7 Å². The lowest BCUT2D eigenvalue weighted by Gasteiger charge is -2.08. The molecule has 2 aromatic carbocycles. The van der Waals surface area contributed by atoms with Crippen LogP contribution in [0.3, 0.4) is 0 Å². The van der Waals surface area contributed by atoms with Crippen molar-refractivity contribution < 1.29 is 4.74 Å². The van der Waals surface area contributed by atoms with E-state index in [2.05, 4.69) is 55.6 Å². The molecule has 0 fully saturated rings. The van der Waals surface area contributed by atoms with Gasteiger partial charge in [0.15, 0.2) is 0 Å². The van der Waals surface area contributed by atoms with Gasteiger partial charge in [0.25, 0.3) is 0 Å². The summed E-state index contributed by atoms with van der Waals surface area (Å²) in [6, 6.07) is 16.8. The van der Waals surface area contributed by atoms with Crippen molar-refractivity contribution >= 4 is 0 Å². The average molecular weight is 255 g/mol. The third-order valence-electron chi connectivity index (χ3n) is 3.04. The second-order valence-electron chi connectivity index (χ2n) is 4.59. The molecule has 2 nitrogen and oxygen atoms in total. The zero-order chi connectivity index (χ0) is 13.5. The Balaban J connectivity index is 1.96. The first kappa shape index (κ1) is 13.6. The van der Waals surface area contributed by atoms with Gasteiger partial charge in [0.2, 0.25) is 0 Å². The van der Waals surface area contributed by atoms with E-state index in [-0.39, 0.29) is 0 Å². The number of rotatable bonds is 6. The molecule has 0 spiro atoms. The molecule has 0 heterocycles. The fourth-order valence-corrected chi connectivity index (χ4v) is 1.91. The molecule has 0 saturated heterocycles. The van der Waals surface area contributed by atoms with Gasteiger partial charge in [0.1, 0.15) is 12.4 Å². The van der Waals surface area contributed by atoms with Gasteiger partial charge in [0.05, 0.1) is 0 Å². The SMILES string of the molecule is CCNCCOc1ccc(-c2ccc(C)cc2)cc1. The van der Waals surface area contributed by atoms with Gasteiger partial charge < -0.3 is 10.1 Å². The number of aryl methyl sites for hydroxylation is 1. The predicted molar refractivity (Wildman–Crippen MR) is 80.7 cm³/mol. The van der Waals surface area contributed by atoms with Gasteiger partial charge in [-0.25, -0.2) is 0 Å². The molecule has 0 saturated carbocycles. The maximum absolute atomic E-state index is 5.66. The van der Waals surface area contributed by atoms with Crippen molar-refractivity contribution in [2.75, 3.05) is 19.7 Å². The lowest BCUT2D eigenvalue weighted by molar-refractivity contribution is 0.315. The van der Waals surface area contributed by atoms with E-state index in [0.717, 1.165) is 18.8 Å². The van der Waals surface area contributed by atoms with E-state index in [0.29, 0.717) is 6.61 Å². The first-order valence-corrected chi connectivity index (χ1v) is 6.80. The highest BCUT2D eigenvalue weighted by atomic mass is 16.5. The van der Waals surface area contributed by atoms with Crippen LogP contribution < -0.4 is 10.1 Å². The number of benzene rings is 2. The Kier molecular flexibility index (Phi) is 4.99. The molecule has 0 aromatic heterocycles. The van der Waals surface area contributed by atoms with Crippen LogP contribution in [0, 0.1) is 6.92 Å². The summed E-state index contributed by atoms with van der Waals surface area (Å²) < 4.78 is 5.66. The maximum atomic E-state index is 5.66. The molecular formula is C17H21NO. The fraction of sp³-hybridized carbons (Fsp3) is 0.294. The Bertz CT molecular complexity index is 488. The zero-order valence-electron chi connectivity index (χ0n) is 11.6.